The zero-order chi connectivity index (χ0) is 62.6. The fraction of sp³-hybridized carbons (Fsp3) is 0.816. The van der Waals surface area contributed by atoms with Crippen molar-refractivity contribution in [1.29, 1.82) is 0 Å². The minimum absolute atomic E-state index is 0.0340. The van der Waals surface area contributed by atoms with E-state index >= 15 is 0 Å². The van der Waals surface area contributed by atoms with Crippen LogP contribution in [0.2, 0.25) is 0 Å². The monoisotopic (exact) mass is 1230 g/mol. The third-order valence-corrected chi connectivity index (χ3v) is 17.2. The second-order valence-electron chi connectivity index (χ2n) is 26.0. The van der Waals surface area contributed by atoms with Gasteiger partial charge in [-0.2, -0.15) is 0 Å². The lowest BCUT2D eigenvalue weighted by atomic mass is 10.0. The maximum atomic E-state index is 12.9. The van der Waals surface area contributed by atoms with Gasteiger partial charge in [-0.3, -0.25) is 18.6 Å². The van der Waals surface area contributed by atoms with Crippen LogP contribution in [-0.2, 0) is 32.7 Å². The molecule has 86 heavy (non-hydrogen) atoms. The number of hydrogen-bond donors (Lipinski definition) is 1. The highest BCUT2D eigenvalue weighted by Crippen LogP contribution is 2.43. The molecule has 10 heteroatoms. The molecular formula is C76H141NO8P+. The van der Waals surface area contributed by atoms with Crippen LogP contribution in [0.5, 0.6) is 0 Å². The lowest BCUT2D eigenvalue weighted by Gasteiger charge is -2.24. The number of rotatable bonds is 68. The Morgan fingerprint density at radius 2 is 0.663 bits per heavy atom. The van der Waals surface area contributed by atoms with E-state index in [1.54, 1.807) is 0 Å². The summed E-state index contributed by atoms with van der Waals surface area (Å²) in [6.45, 7) is 4.38. The molecule has 0 aliphatic heterocycles. The van der Waals surface area contributed by atoms with Crippen LogP contribution in [0.1, 0.15) is 348 Å². The molecule has 0 bridgehead atoms. The highest BCUT2D eigenvalue weighted by atomic mass is 31.2. The van der Waals surface area contributed by atoms with Gasteiger partial charge in [0.1, 0.15) is 19.8 Å². The normalized spacial score (nSPS) is 13.5. The SMILES string of the molecule is CC/C=C\C/C=C\C/C=C\C/C=C\C/C=C\C/C=C\CCCCCCCCCCCCCCCCCCCCCCCCC(=O)OC(COC(=O)CCCCCCCCCCCCCCCCCCCCCCC)COP(=O)(O)OCC[N+](C)(C)C. The average molecular weight is 1230 g/mol. The number of ether oxygens (including phenoxy) is 2. The molecule has 0 aromatic heterocycles. The van der Waals surface area contributed by atoms with Gasteiger partial charge in [0.25, 0.3) is 0 Å². The lowest BCUT2D eigenvalue weighted by molar-refractivity contribution is -0.870. The molecule has 0 fully saturated rings. The topological polar surface area (TPSA) is 108 Å². The maximum absolute atomic E-state index is 12.9. The summed E-state index contributed by atoms with van der Waals surface area (Å²) in [6.07, 6.45) is 90.3. The number of unbranched alkanes of at least 4 members (excludes halogenated alkanes) is 42. The minimum atomic E-state index is -4.39. The molecule has 0 rings (SSSR count). The van der Waals surface area contributed by atoms with Gasteiger partial charge < -0.3 is 18.9 Å². The van der Waals surface area contributed by atoms with Crippen molar-refractivity contribution in [2.45, 2.75) is 354 Å². The predicted molar refractivity (Wildman–Crippen MR) is 372 cm³/mol. The molecule has 0 aliphatic rings. The average Bonchev–Trinajstić information content (AvgIpc) is 3.70. The zero-order valence-corrected chi connectivity index (χ0v) is 58.2. The third kappa shape index (κ3) is 70.5. The van der Waals surface area contributed by atoms with Gasteiger partial charge in [-0.25, -0.2) is 4.57 Å². The first-order chi connectivity index (χ1) is 42.0. The van der Waals surface area contributed by atoms with Gasteiger partial charge in [0.15, 0.2) is 6.10 Å². The fourth-order valence-electron chi connectivity index (χ4n) is 10.7. The van der Waals surface area contributed by atoms with Gasteiger partial charge in [0.2, 0.25) is 0 Å². The summed E-state index contributed by atoms with van der Waals surface area (Å²) in [7, 11) is 1.50. The third-order valence-electron chi connectivity index (χ3n) is 16.3. The van der Waals surface area contributed by atoms with Crippen LogP contribution in [0, 0.1) is 0 Å². The minimum Gasteiger partial charge on any atom is -0.462 e. The molecule has 0 aromatic carbocycles. The summed E-state index contributed by atoms with van der Waals surface area (Å²) in [5.41, 5.74) is 0. The first kappa shape index (κ1) is 83.5. The number of carbonyl (C=O) groups excluding carboxylic acids is 2. The van der Waals surface area contributed by atoms with Crippen molar-refractivity contribution < 1.29 is 42.1 Å². The van der Waals surface area contributed by atoms with Crippen molar-refractivity contribution >= 4 is 19.8 Å². The van der Waals surface area contributed by atoms with E-state index in [1.807, 2.05) is 21.1 Å². The Morgan fingerprint density at radius 3 is 0.988 bits per heavy atom. The first-order valence-corrected chi connectivity index (χ1v) is 38.2. The van der Waals surface area contributed by atoms with E-state index in [4.69, 9.17) is 18.5 Å². The summed E-state index contributed by atoms with van der Waals surface area (Å²) < 4.78 is 34.7. The Labute approximate surface area is 533 Å². The van der Waals surface area contributed by atoms with Gasteiger partial charge in [-0.05, 0) is 64.2 Å². The molecule has 0 saturated carbocycles. The number of carbonyl (C=O) groups is 2. The number of allylic oxidation sites excluding steroid dienone is 12. The second-order valence-corrected chi connectivity index (χ2v) is 27.4. The van der Waals surface area contributed by atoms with Gasteiger partial charge in [0.05, 0.1) is 27.7 Å². The van der Waals surface area contributed by atoms with E-state index in [0.29, 0.717) is 23.9 Å². The largest absolute Gasteiger partial charge is 0.472 e. The van der Waals surface area contributed by atoms with Crippen LogP contribution in [0.4, 0.5) is 0 Å². The lowest BCUT2D eigenvalue weighted by Crippen LogP contribution is -2.37. The highest BCUT2D eigenvalue weighted by molar-refractivity contribution is 7.47. The Kier molecular flexibility index (Phi) is 64.9. The summed E-state index contributed by atoms with van der Waals surface area (Å²) in [5.74, 6) is -0.776. The van der Waals surface area contributed by atoms with Crippen LogP contribution < -0.4 is 0 Å². The van der Waals surface area contributed by atoms with Gasteiger partial charge in [-0.15, -0.1) is 0 Å². The molecule has 1 N–H and O–H groups in total. The first-order valence-electron chi connectivity index (χ1n) is 36.7. The number of likely N-dealkylation sites (N-methyl/N-ethyl adjacent to an activating group) is 1. The van der Waals surface area contributed by atoms with Gasteiger partial charge >= 0.3 is 19.8 Å². The fourth-order valence-corrected chi connectivity index (χ4v) is 11.4. The van der Waals surface area contributed by atoms with Gasteiger partial charge in [-0.1, -0.05) is 344 Å². The standard InChI is InChI=1S/C76H140NO8P/c1-6-8-10-12-14-16-18-20-22-24-26-28-29-30-31-32-33-34-35-36-37-38-39-40-41-42-43-44-45-46-47-49-51-53-55-57-59-61-63-65-67-69-76(79)85-74(73-84-86(80,81)83-71-70-77(3,4)5)72-82-75(78)68-66-64-62-60-58-56-54-52-50-48-27-25-23-21-19-17-15-13-11-9-7-2/h8,10,14,16,20,22,26,28,30-31,33-34,74H,6-7,9,11-13,15,17-19,21,23-25,27,29,32,35-73H2,1-5H3/p+1/b10-8-,16-14-,22-20-,28-26-,31-30-,34-33-. The van der Waals surface area contributed by atoms with Crippen molar-refractivity contribution in [1.82, 2.24) is 0 Å². The van der Waals surface area contributed by atoms with Crippen LogP contribution >= 0.6 is 7.82 Å². The molecule has 2 atom stereocenters. The molecule has 2 unspecified atom stereocenters. The predicted octanol–water partition coefficient (Wildman–Crippen LogP) is 23.9. The molecular weight excluding hydrogens is 1090 g/mol. The van der Waals surface area contributed by atoms with Crippen LogP contribution in [0.15, 0.2) is 72.9 Å². The number of phosphoric acid groups is 1. The van der Waals surface area contributed by atoms with Gasteiger partial charge in [0, 0.05) is 12.8 Å². The zero-order valence-electron chi connectivity index (χ0n) is 57.3. The molecule has 0 amide bonds. The van der Waals surface area contributed by atoms with Crippen LogP contribution in [-0.4, -0.2) is 74.9 Å². The van der Waals surface area contributed by atoms with E-state index in [2.05, 4.69) is 86.8 Å². The van der Waals surface area contributed by atoms with Crippen molar-refractivity contribution in [2.24, 2.45) is 0 Å². The van der Waals surface area contributed by atoms with E-state index < -0.39 is 26.5 Å². The molecule has 502 valence electrons. The molecule has 0 radical (unpaired) electrons. The molecule has 0 saturated heterocycles. The van der Waals surface area contributed by atoms with E-state index in [1.165, 1.54) is 244 Å². The van der Waals surface area contributed by atoms with Crippen molar-refractivity contribution in [2.75, 3.05) is 47.5 Å². The Bertz CT molecular complexity index is 1680. The molecule has 0 aromatic rings. The Hall–Kier alpha value is -2.55. The quantitative estimate of drug-likeness (QED) is 0.0211. The summed E-state index contributed by atoms with van der Waals surface area (Å²) >= 11 is 0. The van der Waals surface area contributed by atoms with E-state index in [-0.39, 0.29) is 25.6 Å². The Balaban J connectivity index is 3.92. The molecule has 0 heterocycles. The summed E-state index contributed by atoms with van der Waals surface area (Å²) in [6, 6.07) is 0. The van der Waals surface area contributed by atoms with Crippen molar-refractivity contribution in [3.8, 4) is 0 Å². The highest BCUT2D eigenvalue weighted by Gasteiger charge is 2.27. The molecule has 0 aliphatic carbocycles. The summed E-state index contributed by atoms with van der Waals surface area (Å²) in [4.78, 5) is 35.9. The van der Waals surface area contributed by atoms with E-state index in [0.717, 1.165) is 70.6 Å². The molecule has 0 spiro atoms. The number of quaternary nitrogens is 1. The van der Waals surface area contributed by atoms with Crippen LogP contribution in [0.3, 0.4) is 0 Å². The van der Waals surface area contributed by atoms with Crippen LogP contribution in [0.25, 0.3) is 0 Å². The number of hydrogen-bond acceptors (Lipinski definition) is 7. The summed E-state index contributed by atoms with van der Waals surface area (Å²) in [5, 5.41) is 0. The van der Waals surface area contributed by atoms with E-state index in [9.17, 15) is 19.0 Å². The number of nitrogens with zero attached hydrogens (tertiary/aromatic N) is 1. The van der Waals surface area contributed by atoms with Crippen molar-refractivity contribution in [3.05, 3.63) is 72.9 Å². The smallest absolute Gasteiger partial charge is 0.462 e. The van der Waals surface area contributed by atoms with Crippen molar-refractivity contribution in [3.63, 3.8) is 0 Å². The maximum Gasteiger partial charge on any atom is 0.472 e. The number of phosphoric ester groups is 1. The molecule has 9 nitrogen and oxygen atoms in total. The Morgan fingerprint density at radius 1 is 0.372 bits per heavy atom. The number of esters is 2. The second kappa shape index (κ2) is 66.9.